The quantitative estimate of drug-likeness (QED) is 0.840. The van der Waals surface area contributed by atoms with Gasteiger partial charge in [0.25, 0.3) is 0 Å². The van der Waals surface area contributed by atoms with Crippen molar-refractivity contribution in [1.29, 1.82) is 0 Å². The van der Waals surface area contributed by atoms with Crippen molar-refractivity contribution in [3.05, 3.63) is 22.4 Å². The zero-order chi connectivity index (χ0) is 14.5. The van der Waals surface area contributed by atoms with Crippen molar-refractivity contribution in [2.75, 3.05) is 20.6 Å². The van der Waals surface area contributed by atoms with Gasteiger partial charge in [0, 0.05) is 23.4 Å². The molecule has 3 N–H and O–H groups in total. The molecule has 1 saturated carbocycles. The number of hydrogen-bond donors (Lipinski definition) is 2. The Morgan fingerprint density at radius 3 is 2.73 bits per heavy atom. The smallest absolute Gasteiger partial charge is 0.223 e. The predicted molar refractivity (Wildman–Crippen MR) is 98.2 cm³/mol. The lowest BCUT2D eigenvalue weighted by Gasteiger charge is -2.28. The van der Waals surface area contributed by atoms with Crippen LogP contribution in [0, 0.1) is 5.92 Å². The van der Waals surface area contributed by atoms with Gasteiger partial charge in [-0.25, -0.2) is 0 Å². The molecule has 2 rings (SSSR count). The number of carbonyl (C=O) groups is 1. The Bertz CT molecular complexity index is 428. The highest BCUT2D eigenvalue weighted by Gasteiger charge is 2.26. The summed E-state index contributed by atoms with van der Waals surface area (Å²) in [6, 6.07) is 4.62. The lowest BCUT2D eigenvalue weighted by molar-refractivity contribution is -0.126. The van der Waals surface area contributed by atoms with Crippen LogP contribution in [0.15, 0.2) is 17.5 Å². The van der Waals surface area contributed by atoms with Crippen molar-refractivity contribution < 1.29 is 4.79 Å². The van der Waals surface area contributed by atoms with Gasteiger partial charge < -0.3 is 16.0 Å². The molecule has 0 bridgehead atoms. The van der Waals surface area contributed by atoms with E-state index in [0.717, 1.165) is 25.7 Å². The first-order chi connectivity index (χ1) is 9.58. The highest BCUT2D eigenvalue weighted by Crippen LogP contribution is 2.25. The van der Waals surface area contributed by atoms with Crippen LogP contribution in [-0.4, -0.2) is 37.5 Å². The summed E-state index contributed by atoms with van der Waals surface area (Å²) in [6.45, 7) is 0.665. The summed E-state index contributed by atoms with van der Waals surface area (Å²) >= 11 is 1.73. The maximum Gasteiger partial charge on any atom is 0.223 e. The van der Waals surface area contributed by atoms with E-state index in [1.165, 1.54) is 4.88 Å². The van der Waals surface area contributed by atoms with E-state index in [0.29, 0.717) is 6.54 Å². The molecule has 1 aliphatic carbocycles. The van der Waals surface area contributed by atoms with Gasteiger partial charge in [0.15, 0.2) is 0 Å². The Hall–Kier alpha value is -0.330. The third kappa shape index (κ3) is 6.05. The van der Waals surface area contributed by atoms with Gasteiger partial charge in [-0.1, -0.05) is 12.5 Å². The zero-order valence-electron chi connectivity index (χ0n) is 13.2. The molecule has 7 heteroatoms. The second-order valence-corrected chi connectivity index (χ2v) is 6.84. The maximum absolute atomic E-state index is 12.3. The Balaban J connectivity index is 0.00000220. The van der Waals surface area contributed by atoms with E-state index in [-0.39, 0.29) is 48.7 Å². The van der Waals surface area contributed by atoms with Crippen LogP contribution in [0.3, 0.4) is 0 Å². The average Bonchev–Trinajstić information content (AvgIpc) is 2.92. The summed E-state index contributed by atoms with van der Waals surface area (Å²) in [5.41, 5.74) is 5.96. The van der Waals surface area contributed by atoms with E-state index in [1.54, 1.807) is 11.3 Å². The molecular weight excluding hydrogens is 341 g/mol. The summed E-state index contributed by atoms with van der Waals surface area (Å²) in [6.07, 6.45) is 3.93. The molecule has 4 nitrogen and oxygen atoms in total. The first-order valence-corrected chi connectivity index (χ1v) is 8.19. The molecule has 0 saturated heterocycles. The normalized spacial score (nSPS) is 22.4. The molecule has 3 atom stereocenters. The van der Waals surface area contributed by atoms with E-state index in [2.05, 4.69) is 27.7 Å². The number of thiophene rings is 1. The molecule has 1 amide bonds. The number of likely N-dealkylation sites (N-methyl/N-ethyl adjacent to an activating group) is 1. The molecule has 0 aliphatic heterocycles. The van der Waals surface area contributed by atoms with E-state index in [1.807, 2.05) is 14.1 Å². The summed E-state index contributed by atoms with van der Waals surface area (Å²) in [4.78, 5) is 15.7. The lowest BCUT2D eigenvalue weighted by Crippen LogP contribution is -2.40. The summed E-state index contributed by atoms with van der Waals surface area (Å²) < 4.78 is 0. The van der Waals surface area contributed by atoms with E-state index in [9.17, 15) is 4.79 Å². The third-order valence-electron chi connectivity index (χ3n) is 4.05. The van der Waals surface area contributed by atoms with E-state index < -0.39 is 0 Å². The summed E-state index contributed by atoms with van der Waals surface area (Å²) in [5.74, 6) is 0.272. The van der Waals surface area contributed by atoms with Gasteiger partial charge in [-0.3, -0.25) is 4.79 Å². The minimum atomic E-state index is 0. The minimum absolute atomic E-state index is 0. The largest absolute Gasteiger partial charge is 0.354 e. The van der Waals surface area contributed by atoms with Crippen LogP contribution in [0.5, 0.6) is 0 Å². The molecule has 128 valence electrons. The number of hydrogen-bond acceptors (Lipinski definition) is 4. The van der Waals surface area contributed by atoms with Crippen molar-refractivity contribution >= 4 is 42.1 Å². The van der Waals surface area contributed by atoms with Gasteiger partial charge >= 0.3 is 0 Å². The molecule has 0 spiro atoms. The number of halogens is 2. The topological polar surface area (TPSA) is 58.4 Å². The van der Waals surface area contributed by atoms with Crippen LogP contribution in [0.25, 0.3) is 0 Å². The van der Waals surface area contributed by atoms with E-state index >= 15 is 0 Å². The van der Waals surface area contributed by atoms with Crippen LogP contribution in [0.2, 0.25) is 0 Å². The Morgan fingerprint density at radius 1 is 1.45 bits per heavy atom. The molecule has 1 aliphatic rings. The van der Waals surface area contributed by atoms with Crippen LogP contribution in [0.4, 0.5) is 0 Å². The van der Waals surface area contributed by atoms with Gasteiger partial charge in [-0.05, 0) is 44.8 Å². The van der Waals surface area contributed by atoms with Crippen LogP contribution >= 0.6 is 36.2 Å². The number of amides is 1. The highest BCUT2D eigenvalue weighted by molar-refractivity contribution is 7.10. The summed E-state index contributed by atoms with van der Waals surface area (Å²) in [7, 11) is 4.10. The molecule has 22 heavy (non-hydrogen) atoms. The zero-order valence-corrected chi connectivity index (χ0v) is 15.6. The first-order valence-electron chi connectivity index (χ1n) is 7.31. The fraction of sp³-hybridized carbons (Fsp3) is 0.667. The summed E-state index contributed by atoms with van der Waals surface area (Å²) in [5, 5.41) is 5.19. The van der Waals surface area contributed by atoms with Crippen LogP contribution < -0.4 is 11.1 Å². The molecule has 3 unspecified atom stereocenters. The lowest BCUT2D eigenvalue weighted by atomic mass is 9.85. The van der Waals surface area contributed by atoms with Crippen molar-refractivity contribution in [3.63, 3.8) is 0 Å². The second-order valence-electron chi connectivity index (χ2n) is 5.86. The molecule has 0 radical (unpaired) electrons. The highest BCUT2D eigenvalue weighted by atomic mass is 35.5. The number of rotatable bonds is 5. The Labute approximate surface area is 149 Å². The van der Waals surface area contributed by atoms with Gasteiger partial charge in [-0.15, -0.1) is 36.2 Å². The van der Waals surface area contributed by atoms with Crippen LogP contribution in [0.1, 0.15) is 36.6 Å². The standard InChI is InChI=1S/C15H25N3OS.2ClH/c1-18(2)13(14-7-4-8-20-14)10-17-15(19)11-5-3-6-12(16)9-11;;/h4,7-8,11-13H,3,5-6,9-10,16H2,1-2H3,(H,17,19);2*1H. The molecular formula is C15H27Cl2N3OS. The fourth-order valence-corrected chi connectivity index (χ4v) is 3.75. The number of carbonyl (C=O) groups excluding carboxylic acids is 1. The SMILES string of the molecule is CN(C)C(CNC(=O)C1CCCC(N)C1)c1cccs1.Cl.Cl. The molecule has 1 fully saturated rings. The minimum Gasteiger partial charge on any atom is -0.354 e. The maximum atomic E-state index is 12.3. The van der Waals surface area contributed by atoms with E-state index in [4.69, 9.17) is 5.73 Å². The van der Waals surface area contributed by atoms with Crippen LogP contribution in [-0.2, 0) is 4.79 Å². The molecule has 1 heterocycles. The third-order valence-corrected chi connectivity index (χ3v) is 5.02. The van der Waals surface area contributed by atoms with Crippen molar-refractivity contribution in [2.45, 2.75) is 37.8 Å². The second kappa shape index (κ2) is 10.4. The number of nitrogens with zero attached hydrogens (tertiary/aromatic N) is 1. The molecule has 1 aromatic heterocycles. The first kappa shape index (κ1) is 21.7. The molecule has 0 aromatic carbocycles. The number of nitrogens with two attached hydrogens (primary N) is 1. The van der Waals surface area contributed by atoms with Gasteiger partial charge in [0.1, 0.15) is 0 Å². The molecule has 1 aromatic rings. The van der Waals surface area contributed by atoms with Gasteiger partial charge in [0.05, 0.1) is 6.04 Å². The van der Waals surface area contributed by atoms with Gasteiger partial charge in [-0.2, -0.15) is 0 Å². The number of nitrogens with one attached hydrogen (secondary N) is 1. The van der Waals surface area contributed by atoms with Crippen molar-refractivity contribution in [1.82, 2.24) is 10.2 Å². The fourth-order valence-electron chi connectivity index (χ4n) is 2.83. The monoisotopic (exact) mass is 367 g/mol. The average molecular weight is 368 g/mol. The predicted octanol–water partition coefficient (Wildman–Crippen LogP) is 2.83. The van der Waals surface area contributed by atoms with Crippen molar-refractivity contribution in [3.8, 4) is 0 Å². The van der Waals surface area contributed by atoms with Gasteiger partial charge in [0.2, 0.25) is 5.91 Å². The Kier molecular flexibility index (Phi) is 10.3. The Morgan fingerprint density at radius 2 is 2.18 bits per heavy atom. The van der Waals surface area contributed by atoms with Crippen molar-refractivity contribution in [2.24, 2.45) is 11.7 Å².